The number of halogens is 1. The number of benzene rings is 2. The number of anilines is 1. The van der Waals surface area contributed by atoms with Crippen molar-refractivity contribution in [2.75, 3.05) is 11.9 Å². The highest BCUT2D eigenvalue weighted by atomic mass is 35.5. The van der Waals surface area contributed by atoms with Gasteiger partial charge in [-0.05, 0) is 30.7 Å². The van der Waals surface area contributed by atoms with Gasteiger partial charge in [0.05, 0.1) is 17.2 Å². The third-order valence-corrected chi connectivity index (χ3v) is 3.53. The van der Waals surface area contributed by atoms with Crippen LogP contribution in [0.15, 0.2) is 42.5 Å². The molecule has 7 heteroatoms. The van der Waals surface area contributed by atoms with E-state index in [2.05, 4.69) is 12.2 Å². The number of nitro groups is 1. The van der Waals surface area contributed by atoms with E-state index in [-0.39, 0.29) is 16.3 Å². The molecule has 0 unspecified atom stereocenters. The summed E-state index contributed by atoms with van der Waals surface area (Å²) in [6.07, 6.45) is 1.89. The van der Waals surface area contributed by atoms with Crippen LogP contribution in [0.1, 0.15) is 30.1 Å². The van der Waals surface area contributed by atoms with Crippen LogP contribution in [-0.4, -0.2) is 17.4 Å². The number of ether oxygens (including phenoxy) is 1. The number of amides is 1. The zero-order chi connectivity index (χ0) is 17.5. The molecule has 2 aromatic carbocycles. The Morgan fingerprint density at radius 1 is 1.29 bits per heavy atom. The van der Waals surface area contributed by atoms with E-state index in [0.29, 0.717) is 18.0 Å². The Labute approximate surface area is 144 Å². The topological polar surface area (TPSA) is 81.5 Å². The van der Waals surface area contributed by atoms with E-state index in [1.807, 2.05) is 0 Å². The van der Waals surface area contributed by atoms with Crippen molar-refractivity contribution in [3.63, 3.8) is 0 Å². The van der Waals surface area contributed by atoms with Crippen molar-refractivity contribution in [3.05, 3.63) is 63.2 Å². The molecule has 0 aromatic heterocycles. The predicted octanol–water partition coefficient (Wildman–Crippen LogP) is 4.68. The number of para-hydroxylation sites is 2. The van der Waals surface area contributed by atoms with Crippen LogP contribution in [-0.2, 0) is 0 Å². The first-order valence-electron chi connectivity index (χ1n) is 7.50. The molecule has 6 nitrogen and oxygen atoms in total. The van der Waals surface area contributed by atoms with Gasteiger partial charge in [-0.1, -0.05) is 37.1 Å². The molecular weight excluding hydrogens is 332 g/mol. The summed E-state index contributed by atoms with van der Waals surface area (Å²) in [4.78, 5) is 22.9. The number of hydrogen-bond acceptors (Lipinski definition) is 4. The minimum atomic E-state index is -0.634. The Kier molecular flexibility index (Phi) is 6.14. The Morgan fingerprint density at radius 3 is 2.75 bits per heavy atom. The van der Waals surface area contributed by atoms with Gasteiger partial charge in [0.25, 0.3) is 11.6 Å². The molecule has 1 N–H and O–H groups in total. The molecule has 0 radical (unpaired) electrons. The molecular formula is C17H17ClN2O4. The van der Waals surface area contributed by atoms with Crippen molar-refractivity contribution in [2.24, 2.45) is 0 Å². The number of carbonyl (C=O) groups is 1. The van der Waals surface area contributed by atoms with Gasteiger partial charge in [0.1, 0.15) is 11.3 Å². The lowest BCUT2D eigenvalue weighted by molar-refractivity contribution is -0.385. The fourth-order valence-electron chi connectivity index (χ4n) is 2.06. The average Bonchev–Trinajstić information content (AvgIpc) is 2.56. The second-order valence-corrected chi connectivity index (χ2v) is 5.51. The minimum absolute atomic E-state index is 0.0623. The minimum Gasteiger partial charge on any atom is -0.491 e. The van der Waals surface area contributed by atoms with Crippen LogP contribution in [0.2, 0.25) is 5.02 Å². The summed E-state index contributed by atoms with van der Waals surface area (Å²) in [5.74, 6) is -0.0687. The number of carbonyl (C=O) groups excluding carboxylic acids is 1. The molecule has 0 heterocycles. The Balaban J connectivity index is 2.23. The van der Waals surface area contributed by atoms with E-state index in [4.69, 9.17) is 16.3 Å². The summed E-state index contributed by atoms with van der Waals surface area (Å²) in [6, 6.07) is 10.9. The Hall–Kier alpha value is -2.60. The monoisotopic (exact) mass is 348 g/mol. The van der Waals surface area contributed by atoms with Gasteiger partial charge < -0.3 is 10.1 Å². The summed E-state index contributed by atoms with van der Waals surface area (Å²) in [5.41, 5.74) is 0.0556. The molecule has 2 aromatic rings. The number of nitro benzene ring substituents is 1. The molecule has 0 fully saturated rings. The first kappa shape index (κ1) is 17.7. The largest absolute Gasteiger partial charge is 0.491 e. The molecule has 0 atom stereocenters. The number of rotatable bonds is 7. The number of nitrogens with zero attached hydrogens (tertiary/aromatic N) is 1. The molecule has 24 heavy (non-hydrogen) atoms. The molecule has 0 aliphatic rings. The maximum atomic E-state index is 12.4. The lowest BCUT2D eigenvalue weighted by Crippen LogP contribution is -2.15. The van der Waals surface area contributed by atoms with Crippen LogP contribution in [0, 0.1) is 10.1 Å². The Bertz CT molecular complexity index is 749. The smallest absolute Gasteiger partial charge is 0.283 e. The quantitative estimate of drug-likeness (QED) is 0.447. The van der Waals surface area contributed by atoms with Crippen LogP contribution < -0.4 is 10.1 Å². The fraction of sp³-hybridized carbons (Fsp3) is 0.235. The van der Waals surface area contributed by atoms with E-state index in [9.17, 15) is 14.9 Å². The highest BCUT2D eigenvalue weighted by Gasteiger charge is 2.21. The van der Waals surface area contributed by atoms with Gasteiger partial charge in [-0.3, -0.25) is 14.9 Å². The van der Waals surface area contributed by atoms with Gasteiger partial charge in [-0.25, -0.2) is 0 Å². The number of nitrogens with one attached hydrogen (secondary N) is 1. The maximum Gasteiger partial charge on any atom is 0.283 e. The fourth-order valence-corrected chi connectivity index (χ4v) is 2.23. The zero-order valence-corrected chi connectivity index (χ0v) is 13.9. The van der Waals surface area contributed by atoms with Crippen molar-refractivity contribution in [2.45, 2.75) is 19.8 Å². The zero-order valence-electron chi connectivity index (χ0n) is 13.1. The average molecular weight is 349 g/mol. The standard InChI is InChI=1S/C17H17ClN2O4/c1-2-3-10-24-16-7-5-4-6-14(16)19-17(21)13-9-8-12(18)11-15(13)20(22)23/h4-9,11H,2-3,10H2,1H3,(H,19,21). The second-order valence-electron chi connectivity index (χ2n) is 5.07. The van der Waals surface area contributed by atoms with E-state index in [1.54, 1.807) is 24.3 Å². The number of unbranched alkanes of at least 4 members (excludes halogenated alkanes) is 1. The van der Waals surface area contributed by atoms with Crippen LogP contribution in [0.5, 0.6) is 5.75 Å². The molecule has 0 spiro atoms. The molecule has 0 saturated heterocycles. The van der Waals surface area contributed by atoms with Crippen LogP contribution in [0.4, 0.5) is 11.4 Å². The maximum absolute atomic E-state index is 12.4. The molecule has 0 bridgehead atoms. The van der Waals surface area contributed by atoms with Gasteiger partial charge in [0.2, 0.25) is 0 Å². The third kappa shape index (κ3) is 4.45. The van der Waals surface area contributed by atoms with Crippen molar-refractivity contribution >= 4 is 28.9 Å². The molecule has 0 aliphatic carbocycles. The SMILES string of the molecule is CCCCOc1ccccc1NC(=O)c1ccc(Cl)cc1[N+](=O)[O-]. The molecule has 1 amide bonds. The highest BCUT2D eigenvalue weighted by molar-refractivity contribution is 6.31. The van der Waals surface area contributed by atoms with Crippen LogP contribution >= 0.6 is 11.6 Å². The summed E-state index contributed by atoms with van der Waals surface area (Å²) < 4.78 is 5.64. The summed E-state index contributed by atoms with van der Waals surface area (Å²) in [7, 11) is 0. The molecule has 0 aliphatic heterocycles. The molecule has 126 valence electrons. The van der Waals surface area contributed by atoms with Crippen LogP contribution in [0.3, 0.4) is 0 Å². The normalized spacial score (nSPS) is 10.2. The summed E-state index contributed by atoms with van der Waals surface area (Å²) in [6.45, 7) is 2.58. The van der Waals surface area contributed by atoms with Crippen molar-refractivity contribution < 1.29 is 14.5 Å². The van der Waals surface area contributed by atoms with Crippen molar-refractivity contribution in [1.82, 2.24) is 0 Å². The van der Waals surface area contributed by atoms with E-state index in [0.717, 1.165) is 18.9 Å². The first-order chi connectivity index (χ1) is 11.5. The van der Waals surface area contributed by atoms with E-state index in [1.165, 1.54) is 12.1 Å². The Morgan fingerprint density at radius 2 is 2.04 bits per heavy atom. The van der Waals surface area contributed by atoms with E-state index >= 15 is 0 Å². The first-order valence-corrected chi connectivity index (χ1v) is 7.88. The van der Waals surface area contributed by atoms with E-state index < -0.39 is 10.8 Å². The van der Waals surface area contributed by atoms with Gasteiger partial charge in [0.15, 0.2) is 0 Å². The summed E-state index contributed by atoms with van der Waals surface area (Å²) >= 11 is 5.77. The van der Waals surface area contributed by atoms with Gasteiger partial charge >= 0.3 is 0 Å². The lowest BCUT2D eigenvalue weighted by atomic mass is 10.1. The molecule has 0 saturated carbocycles. The summed E-state index contributed by atoms with van der Waals surface area (Å²) in [5, 5.41) is 14.0. The van der Waals surface area contributed by atoms with Crippen LogP contribution in [0.25, 0.3) is 0 Å². The van der Waals surface area contributed by atoms with Gasteiger partial charge in [-0.15, -0.1) is 0 Å². The lowest BCUT2D eigenvalue weighted by Gasteiger charge is -2.12. The van der Waals surface area contributed by atoms with Crippen molar-refractivity contribution in [1.29, 1.82) is 0 Å². The molecule has 2 rings (SSSR count). The number of hydrogen-bond donors (Lipinski definition) is 1. The highest BCUT2D eigenvalue weighted by Crippen LogP contribution is 2.27. The second kappa shape index (κ2) is 8.31. The van der Waals surface area contributed by atoms with Crippen molar-refractivity contribution in [3.8, 4) is 5.75 Å². The van der Waals surface area contributed by atoms with Gasteiger partial charge in [-0.2, -0.15) is 0 Å². The van der Waals surface area contributed by atoms with Gasteiger partial charge in [0, 0.05) is 11.1 Å². The third-order valence-electron chi connectivity index (χ3n) is 3.29. The predicted molar refractivity (Wildman–Crippen MR) is 92.9 cm³/mol.